The number of carbonyl (C=O) groups excluding carboxylic acids is 2. The number of rotatable bonds is 5. The van der Waals surface area contributed by atoms with Gasteiger partial charge >= 0.3 is 6.09 Å². The molecule has 1 rings (SSSR count). The van der Waals surface area contributed by atoms with Crippen molar-refractivity contribution in [1.82, 2.24) is 5.32 Å². The van der Waals surface area contributed by atoms with Gasteiger partial charge in [-0.05, 0) is 70.3 Å². The topological polar surface area (TPSA) is 55.4 Å². The van der Waals surface area contributed by atoms with Crippen LogP contribution in [0.15, 0.2) is 12.2 Å². The molecule has 0 radical (unpaired) electrons. The highest BCUT2D eigenvalue weighted by atomic mass is 16.6. The van der Waals surface area contributed by atoms with Crippen LogP contribution in [-0.4, -0.2) is 23.5 Å². The Balaban J connectivity index is 2.71. The minimum Gasteiger partial charge on any atom is -0.444 e. The maximum atomic E-state index is 12.3. The SMILES string of the molecule is C=C(C)C(=O)[C@H](C[C@H]1C[C@@H](C)[C@@H](C)C1)NC(=O)OC(C)(C)C. The van der Waals surface area contributed by atoms with Crippen molar-refractivity contribution in [3.63, 3.8) is 0 Å². The lowest BCUT2D eigenvalue weighted by molar-refractivity contribution is -0.117. The van der Waals surface area contributed by atoms with Crippen LogP contribution in [0.25, 0.3) is 0 Å². The number of ketones is 1. The highest BCUT2D eigenvalue weighted by Crippen LogP contribution is 2.38. The van der Waals surface area contributed by atoms with E-state index in [9.17, 15) is 9.59 Å². The van der Waals surface area contributed by atoms with E-state index < -0.39 is 17.7 Å². The van der Waals surface area contributed by atoms with Gasteiger partial charge in [-0.25, -0.2) is 4.79 Å². The standard InChI is InChI=1S/C18H31NO3/c1-11(2)16(20)15(19-17(21)22-18(5,6)7)10-14-8-12(3)13(4)9-14/h12-15H,1,8-10H2,2-7H3,(H,19,21)/t12-,13+,14+,15-/m0/s1. The van der Waals surface area contributed by atoms with E-state index in [2.05, 4.69) is 25.7 Å². The average Bonchev–Trinajstić information content (AvgIpc) is 2.64. The zero-order chi connectivity index (χ0) is 17.1. The highest BCUT2D eigenvalue weighted by molar-refractivity contribution is 5.99. The summed E-state index contributed by atoms with van der Waals surface area (Å²) < 4.78 is 5.27. The molecule has 1 amide bonds. The molecule has 1 saturated carbocycles. The maximum Gasteiger partial charge on any atom is 0.408 e. The Morgan fingerprint density at radius 1 is 1.23 bits per heavy atom. The number of alkyl carbamates (subject to hydrolysis) is 1. The lowest BCUT2D eigenvalue weighted by atomic mass is 9.93. The summed E-state index contributed by atoms with van der Waals surface area (Å²) >= 11 is 0. The molecule has 4 nitrogen and oxygen atoms in total. The quantitative estimate of drug-likeness (QED) is 0.778. The second-order valence-electron chi connectivity index (χ2n) is 7.87. The van der Waals surface area contributed by atoms with Gasteiger partial charge in [0.05, 0.1) is 6.04 Å². The van der Waals surface area contributed by atoms with Crippen molar-refractivity contribution in [3.8, 4) is 0 Å². The normalized spacial score (nSPS) is 26.4. The summed E-state index contributed by atoms with van der Waals surface area (Å²) in [6.07, 6.45) is 2.35. The van der Waals surface area contributed by atoms with Crippen LogP contribution in [-0.2, 0) is 9.53 Å². The fraction of sp³-hybridized carbons (Fsp3) is 0.778. The molecular formula is C18H31NO3. The van der Waals surface area contributed by atoms with Gasteiger partial charge in [0.25, 0.3) is 0 Å². The molecule has 1 aliphatic rings. The zero-order valence-corrected chi connectivity index (χ0v) is 14.9. The Morgan fingerprint density at radius 2 is 1.73 bits per heavy atom. The second kappa shape index (κ2) is 7.30. The van der Waals surface area contributed by atoms with Crippen LogP contribution < -0.4 is 5.32 Å². The number of nitrogens with one attached hydrogen (secondary N) is 1. The van der Waals surface area contributed by atoms with E-state index >= 15 is 0 Å². The summed E-state index contributed by atoms with van der Waals surface area (Å²) in [5.41, 5.74) is -0.0998. The van der Waals surface area contributed by atoms with E-state index in [-0.39, 0.29) is 5.78 Å². The molecule has 4 atom stereocenters. The minimum atomic E-state index is -0.572. The molecule has 0 aromatic heterocycles. The van der Waals surface area contributed by atoms with Gasteiger partial charge in [0.1, 0.15) is 5.60 Å². The Hall–Kier alpha value is -1.32. The molecule has 0 bridgehead atoms. The van der Waals surface area contributed by atoms with Crippen molar-refractivity contribution in [2.24, 2.45) is 17.8 Å². The molecule has 0 unspecified atom stereocenters. The summed E-state index contributed by atoms with van der Waals surface area (Å²) in [5, 5.41) is 2.74. The van der Waals surface area contributed by atoms with Gasteiger partial charge in [-0.1, -0.05) is 20.4 Å². The Bertz CT molecular complexity index is 426. The van der Waals surface area contributed by atoms with Crippen LogP contribution >= 0.6 is 0 Å². The first-order valence-corrected chi connectivity index (χ1v) is 8.18. The van der Waals surface area contributed by atoms with Crippen molar-refractivity contribution >= 4 is 11.9 Å². The molecule has 0 heterocycles. The Labute approximate surface area is 134 Å². The lowest BCUT2D eigenvalue weighted by Gasteiger charge is -2.24. The fourth-order valence-corrected chi connectivity index (χ4v) is 3.12. The first-order valence-electron chi connectivity index (χ1n) is 8.18. The summed E-state index contributed by atoms with van der Waals surface area (Å²) in [6.45, 7) is 15.3. The molecule has 1 N–H and O–H groups in total. The monoisotopic (exact) mass is 309 g/mol. The van der Waals surface area contributed by atoms with Crippen LogP contribution in [0.1, 0.15) is 60.8 Å². The van der Waals surface area contributed by atoms with E-state index in [0.29, 0.717) is 29.7 Å². The molecule has 0 aromatic carbocycles. The molecule has 1 fully saturated rings. The summed E-state index contributed by atoms with van der Waals surface area (Å²) in [6, 6.07) is -0.533. The fourth-order valence-electron chi connectivity index (χ4n) is 3.12. The van der Waals surface area contributed by atoms with Crippen molar-refractivity contribution in [1.29, 1.82) is 0 Å². The van der Waals surface area contributed by atoms with E-state index in [4.69, 9.17) is 4.74 Å². The number of carbonyl (C=O) groups is 2. The lowest BCUT2D eigenvalue weighted by Crippen LogP contribution is -2.44. The van der Waals surface area contributed by atoms with Crippen LogP contribution in [0.5, 0.6) is 0 Å². The highest BCUT2D eigenvalue weighted by Gasteiger charge is 2.33. The summed E-state index contributed by atoms with van der Waals surface area (Å²) in [5.74, 6) is 1.71. The van der Waals surface area contributed by atoms with Crippen molar-refractivity contribution in [2.75, 3.05) is 0 Å². The van der Waals surface area contributed by atoms with E-state index in [1.165, 1.54) is 0 Å². The first kappa shape index (κ1) is 18.7. The molecule has 0 aromatic rings. The van der Waals surface area contributed by atoms with Crippen LogP contribution in [0.2, 0.25) is 0 Å². The van der Waals surface area contributed by atoms with E-state index in [0.717, 1.165) is 12.8 Å². The van der Waals surface area contributed by atoms with E-state index in [1.54, 1.807) is 6.92 Å². The number of amides is 1. The van der Waals surface area contributed by atoms with Gasteiger partial charge in [-0.2, -0.15) is 0 Å². The van der Waals surface area contributed by atoms with Crippen molar-refractivity contribution in [3.05, 3.63) is 12.2 Å². The molecule has 0 spiro atoms. The summed E-state index contributed by atoms with van der Waals surface area (Å²) in [7, 11) is 0. The predicted octanol–water partition coefficient (Wildman–Crippen LogP) is 4.10. The predicted molar refractivity (Wildman–Crippen MR) is 88.6 cm³/mol. The van der Waals surface area contributed by atoms with Gasteiger partial charge in [0.2, 0.25) is 0 Å². The third-order valence-corrected chi connectivity index (χ3v) is 4.38. The van der Waals surface area contributed by atoms with Gasteiger partial charge in [0.15, 0.2) is 5.78 Å². The van der Waals surface area contributed by atoms with Crippen LogP contribution in [0, 0.1) is 17.8 Å². The Kier molecular flexibility index (Phi) is 6.21. The van der Waals surface area contributed by atoms with Crippen molar-refractivity contribution < 1.29 is 14.3 Å². The number of hydrogen-bond acceptors (Lipinski definition) is 3. The maximum absolute atomic E-state index is 12.3. The third-order valence-electron chi connectivity index (χ3n) is 4.38. The van der Waals surface area contributed by atoms with Crippen LogP contribution in [0.4, 0.5) is 4.79 Å². The molecule has 126 valence electrons. The van der Waals surface area contributed by atoms with Crippen molar-refractivity contribution in [2.45, 2.75) is 72.4 Å². The molecular weight excluding hydrogens is 278 g/mol. The smallest absolute Gasteiger partial charge is 0.408 e. The van der Waals surface area contributed by atoms with E-state index in [1.807, 2.05) is 20.8 Å². The van der Waals surface area contributed by atoms with Gasteiger partial charge in [-0.15, -0.1) is 0 Å². The minimum absolute atomic E-state index is 0.0990. The van der Waals surface area contributed by atoms with Crippen LogP contribution in [0.3, 0.4) is 0 Å². The van der Waals surface area contributed by atoms with Gasteiger partial charge in [-0.3, -0.25) is 4.79 Å². The second-order valence-corrected chi connectivity index (χ2v) is 7.87. The van der Waals surface area contributed by atoms with Gasteiger partial charge in [0, 0.05) is 0 Å². The molecule has 0 saturated heterocycles. The zero-order valence-electron chi connectivity index (χ0n) is 14.9. The Morgan fingerprint density at radius 3 is 2.14 bits per heavy atom. The third kappa shape index (κ3) is 5.82. The largest absolute Gasteiger partial charge is 0.444 e. The molecule has 22 heavy (non-hydrogen) atoms. The first-order chi connectivity index (χ1) is 9.99. The summed E-state index contributed by atoms with van der Waals surface area (Å²) in [4.78, 5) is 24.3. The number of ether oxygens (including phenoxy) is 1. The average molecular weight is 309 g/mol. The van der Waals surface area contributed by atoms with Gasteiger partial charge < -0.3 is 10.1 Å². The molecule has 4 heteroatoms. The molecule has 1 aliphatic carbocycles. The number of hydrogen-bond donors (Lipinski definition) is 1. The number of Topliss-reactive ketones (excluding diaryl/α,β-unsaturated/α-hetero) is 1. The molecule has 0 aliphatic heterocycles.